The van der Waals surface area contributed by atoms with Crippen LogP contribution < -0.4 is 5.32 Å². The van der Waals surface area contributed by atoms with Crippen LogP contribution in [-0.2, 0) is 19.3 Å². The van der Waals surface area contributed by atoms with Gasteiger partial charge in [0.2, 0.25) is 0 Å². The number of benzene rings is 1. The third-order valence-corrected chi connectivity index (χ3v) is 3.55. The van der Waals surface area contributed by atoms with E-state index in [-0.39, 0.29) is 12.1 Å². The van der Waals surface area contributed by atoms with Crippen molar-refractivity contribution in [3.8, 4) is 0 Å². The van der Waals surface area contributed by atoms with Gasteiger partial charge in [-0.15, -0.1) is 11.3 Å². The van der Waals surface area contributed by atoms with Crippen LogP contribution in [0.5, 0.6) is 0 Å². The molecule has 0 radical (unpaired) electrons. The molecule has 0 saturated heterocycles. The van der Waals surface area contributed by atoms with E-state index in [4.69, 9.17) is 11.6 Å². The quantitative estimate of drug-likeness (QED) is 0.919. The standard InChI is InChI=1S/C12H10ClF3N2S/c13-10-6-18-11(19-10)7-17-5-8-3-1-2-4-9(8)12(14,15)16/h1-4,6,17H,5,7H2. The predicted molar refractivity (Wildman–Crippen MR) is 69.1 cm³/mol. The maximum atomic E-state index is 12.7. The zero-order chi connectivity index (χ0) is 13.9. The third-order valence-electron chi connectivity index (χ3n) is 2.44. The predicted octanol–water partition coefficient (Wildman–Crippen LogP) is 4.11. The van der Waals surface area contributed by atoms with Crippen molar-refractivity contribution in [2.24, 2.45) is 0 Å². The molecule has 0 fully saturated rings. The summed E-state index contributed by atoms with van der Waals surface area (Å²) >= 11 is 7.02. The van der Waals surface area contributed by atoms with Gasteiger partial charge in [-0.05, 0) is 11.6 Å². The van der Waals surface area contributed by atoms with Crippen molar-refractivity contribution in [3.05, 3.63) is 50.9 Å². The molecule has 2 rings (SSSR count). The summed E-state index contributed by atoms with van der Waals surface area (Å²) < 4.78 is 38.8. The molecule has 1 aromatic heterocycles. The van der Waals surface area contributed by atoms with E-state index in [1.54, 1.807) is 6.07 Å². The summed E-state index contributed by atoms with van der Waals surface area (Å²) in [6.45, 7) is 0.524. The van der Waals surface area contributed by atoms with Crippen LogP contribution in [-0.4, -0.2) is 4.98 Å². The first-order valence-corrected chi connectivity index (χ1v) is 6.62. The molecule has 102 valence electrons. The Morgan fingerprint density at radius 1 is 1.21 bits per heavy atom. The van der Waals surface area contributed by atoms with E-state index >= 15 is 0 Å². The maximum Gasteiger partial charge on any atom is 0.416 e. The molecule has 1 N–H and O–H groups in total. The van der Waals surface area contributed by atoms with Gasteiger partial charge < -0.3 is 5.32 Å². The fraction of sp³-hybridized carbons (Fsp3) is 0.250. The normalized spacial score (nSPS) is 11.8. The van der Waals surface area contributed by atoms with Crippen molar-refractivity contribution in [1.29, 1.82) is 0 Å². The van der Waals surface area contributed by atoms with Crippen LogP contribution in [0.4, 0.5) is 13.2 Å². The van der Waals surface area contributed by atoms with Gasteiger partial charge in [-0.2, -0.15) is 13.2 Å². The Hall–Kier alpha value is -1.11. The summed E-state index contributed by atoms with van der Waals surface area (Å²) in [6, 6.07) is 5.52. The monoisotopic (exact) mass is 306 g/mol. The fourth-order valence-electron chi connectivity index (χ4n) is 1.62. The first kappa shape index (κ1) is 14.3. The Balaban J connectivity index is 2.00. The van der Waals surface area contributed by atoms with E-state index in [0.717, 1.165) is 11.1 Å². The first-order valence-electron chi connectivity index (χ1n) is 5.43. The third kappa shape index (κ3) is 3.92. The number of alkyl halides is 3. The molecule has 0 aliphatic heterocycles. The van der Waals surface area contributed by atoms with Crippen molar-refractivity contribution < 1.29 is 13.2 Å². The van der Waals surface area contributed by atoms with Gasteiger partial charge in [0.1, 0.15) is 9.34 Å². The lowest BCUT2D eigenvalue weighted by molar-refractivity contribution is -0.138. The van der Waals surface area contributed by atoms with Gasteiger partial charge in [-0.1, -0.05) is 29.8 Å². The molecule has 0 aliphatic rings. The number of hydrogen-bond donors (Lipinski definition) is 1. The first-order chi connectivity index (χ1) is 8.97. The molecule has 0 aliphatic carbocycles. The molecule has 2 nitrogen and oxygen atoms in total. The van der Waals surface area contributed by atoms with Crippen molar-refractivity contribution in [2.45, 2.75) is 19.3 Å². The van der Waals surface area contributed by atoms with Gasteiger partial charge in [0.25, 0.3) is 0 Å². The number of nitrogens with zero attached hydrogens (tertiary/aromatic N) is 1. The second-order valence-electron chi connectivity index (χ2n) is 3.82. The Bertz CT molecular complexity index is 554. The summed E-state index contributed by atoms with van der Waals surface area (Å²) in [7, 11) is 0. The molecule has 1 aromatic carbocycles. The summed E-state index contributed by atoms with van der Waals surface area (Å²) in [6.07, 6.45) is -2.81. The molecule has 7 heteroatoms. The van der Waals surface area contributed by atoms with Crippen molar-refractivity contribution >= 4 is 22.9 Å². The van der Waals surface area contributed by atoms with Gasteiger partial charge >= 0.3 is 6.18 Å². The average molecular weight is 307 g/mol. The largest absolute Gasteiger partial charge is 0.416 e. The van der Waals surface area contributed by atoms with Gasteiger partial charge in [0, 0.05) is 13.1 Å². The van der Waals surface area contributed by atoms with E-state index in [0.29, 0.717) is 10.9 Å². The lowest BCUT2D eigenvalue weighted by atomic mass is 10.1. The lowest BCUT2D eigenvalue weighted by Crippen LogP contribution is -2.17. The van der Waals surface area contributed by atoms with E-state index < -0.39 is 11.7 Å². The summed E-state index contributed by atoms with van der Waals surface area (Å²) in [5, 5.41) is 3.68. The Kier molecular flexibility index (Phi) is 4.44. The minimum Gasteiger partial charge on any atom is -0.306 e. The minimum atomic E-state index is -4.33. The molecule has 0 saturated carbocycles. The Morgan fingerprint density at radius 2 is 1.95 bits per heavy atom. The number of aromatic nitrogens is 1. The van der Waals surface area contributed by atoms with E-state index in [1.165, 1.54) is 29.7 Å². The van der Waals surface area contributed by atoms with Crippen LogP contribution in [0.1, 0.15) is 16.1 Å². The minimum absolute atomic E-state index is 0.132. The molecule has 19 heavy (non-hydrogen) atoms. The van der Waals surface area contributed by atoms with E-state index in [9.17, 15) is 13.2 Å². The lowest BCUT2D eigenvalue weighted by Gasteiger charge is -2.12. The van der Waals surface area contributed by atoms with Crippen molar-refractivity contribution in [1.82, 2.24) is 10.3 Å². The van der Waals surface area contributed by atoms with E-state index in [1.807, 2.05) is 0 Å². The van der Waals surface area contributed by atoms with Gasteiger partial charge in [0.15, 0.2) is 0 Å². The highest BCUT2D eigenvalue weighted by Crippen LogP contribution is 2.31. The molecule has 0 amide bonds. The number of nitrogens with one attached hydrogen (secondary N) is 1. The summed E-state index contributed by atoms with van der Waals surface area (Å²) in [4.78, 5) is 4.02. The van der Waals surface area contributed by atoms with Crippen LogP contribution in [0, 0.1) is 0 Å². The molecular formula is C12H10ClF3N2S. The second-order valence-corrected chi connectivity index (χ2v) is 5.56. The van der Waals surface area contributed by atoms with Crippen LogP contribution >= 0.6 is 22.9 Å². The number of hydrogen-bond acceptors (Lipinski definition) is 3. The number of rotatable bonds is 4. The highest BCUT2D eigenvalue weighted by Gasteiger charge is 2.32. The average Bonchev–Trinajstić information content (AvgIpc) is 2.74. The SMILES string of the molecule is FC(F)(F)c1ccccc1CNCc1ncc(Cl)s1. The van der Waals surface area contributed by atoms with Gasteiger partial charge in [0.05, 0.1) is 11.8 Å². The summed E-state index contributed by atoms with van der Waals surface area (Å²) in [5.74, 6) is 0. The van der Waals surface area contributed by atoms with Crippen LogP contribution in [0.2, 0.25) is 4.34 Å². The molecule has 1 heterocycles. The zero-order valence-electron chi connectivity index (χ0n) is 9.67. The van der Waals surface area contributed by atoms with Crippen molar-refractivity contribution in [2.75, 3.05) is 0 Å². The molecule has 2 aromatic rings. The number of halogens is 4. The highest BCUT2D eigenvalue weighted by molar-refractivity contribution is 7.15. The molecule has 0 unspecified atom stereocenters. The number of thiazole rings is 1. The van der Waals surface area contributed by atoms with Crippen LogP contribution in [0.15, 0.2) is 30.5 Å². The smallest absolute Gasteiger partial charge is 0.306 e. The van der Waals surface area contributed by atoms with Crippen LogP contribution in [0.25, 0.3) is 0 Å². The Labute approximate surface area is 117 Å². The maximum absolute atomic E-state index is 12.7. The molecule has 0 bridgehead atoms. The van der Waals surface area contributed by atoms with Gasteiger partial charge in [-0.3, -0.25) is 0 Å². The fourth-order valence-corrected chi connectivity index (χ4v) is 2.55. The van der Waals surface area contributed by atoms with Crippen molar-refractivity contribution in [3.63, 3.8) is 0 Å². The molecule has 0 atom stereocenters. The van der Waals surface area contributed by atoms with Gasteiger partial charge in [-0.25, -0.2) is 4.98 Å². The van der Waals surface area contributed by atoms with E-state index in [2.05, 4.69) is 10.3 Å². The highest BCUT2D eigenvalue weighted by atomic mass is 35.5. The zero-order valence-corrected chi connectivity index (χ0v) is 11.2. The topological polar surface area (TPSA) is 24.9 Å². The second kappa shape index (κ2) is 5.90. The Morgan fingerprint density at radius 3 is 2.58 bits per heavy atom. The summed E-state index contributed by atoms with van der Waals surface area (Å²) in [5.41, 5.74) is -0.391. The molecule has 0 spiro atoms. The van der Waals surface area contributed by atoms with Crippen LogP contribution in [0.3, 0.4) is 0 Å². The molecular weight excluding hydrogens is 297 g/mol.